The van der Waals surface area contributed by atoms with E-state index >= 15 is 0 Å². The first-order chi connectivity index (χ1) is 13.5. The van der Waals surface area contributed by atoms with E-state index in [9.17, 15) is 21.6 Å². The maximum Gasteiger partial charge on any atom is 0.416 e. The van der Waals surface area contributed by atoms with E-state index in [1.807, 2.05) is 18.9 Å². The number of sulfonamides is 1. The van der Waals surface area contributed by atoms with Gasteiger partial charge in [-0.1, -0.05) is 12.1 Å². The molecule has 1 fully saturated rings. The second-order valence-corrected chi connectivity index (χ2v) is 9.33. The Morgan fingerprint density at radius 3 is 2.27 bits per heavy atom. The number of rotatable bonds is 6. The molecule has 172 valence electrons. The molecule has 0 saturated carbocycles. The van der Waals surface area contributed by atoms with Crippen molar-refractivity contribution >= 4 is 40.0 Å². The second kappa shape index (κ2) is 11.5. The fourth-order valence-corrected chi connectivity index (χ4v) is 4.13. The van der Waals surface area contributed by atoms with Gasteiger partial charge in [-0.25, -0.2) is 12.7 Å². The summed E-state index contributed by atoms with van der Waals surface area (Å²) in [5, 5.41) is 3.20. The molecule has 2 rings (SSSR count). The summed E-state index contributed by atoms with van der Waals surface area (Å²) in [5.41, 5.74) is 0.0949. The van der Waals surface area contributed by atoms with E-state index in [4.69, 9.17) is 0 Å². The zero-order chi connectivity index (χ0) is 21.7. The van der Waals surface area contributed by atoms with Crippen LogP contribution >= 0.6 is 24.0 Å². The van der Waals surface area contributed by atoms with E-state index in [1.54, 1.807) is 0 Å². The molecule has 6 nitrogen and oxygen atoms in total. The summed E-state index contributed by atoms with van der Waals surface area (Å²) < 4.78 is 62.8. The molecule has 1 saturated heterocycles. The van der Waals surface area contributed by atoms with Crippen molar-refractivity contribution in [2.45, 2.75) is 32.5 Å². The topological polar surface area (TPSA) is 65.0 Å². The predicted octanol–water partition coefficient (Wildman–Crippen LogP) is 3.39. The van der Waals surface area contributed by atoms with Gasteiger partial charge in [0.1, 0.15) is 0 Å². The molecule has 1 aliphatic heterocycles. The highest BCUT2D eigenvalue weighted by Crippen LogP contribution is 2.29. The van der Waals surface area contributed by atoms with Crippen LogP contribution in [-0.2, 0) is 22.7 Å². The van der Waals surface area contributed by atoms with Crippen molar-refractivity contribution in [1.82, 2.24) is 14.5 Å². The molecule has 1 N–H and O–H groups in total. The second-order valence-electron chi connectivity index (χ2n) is 7.35. The standard InChI is InChI=1S/C19H29F3N4O2S.HI/c1-4-23-18(24-13-15-9-11-26(12-10-15)29(3,27)28)25(2)14-16-5-7-17(8-6-16)19(20,21)22;/h5-8,15H,4,9-14H2,1-3H3,(H,23,24);1H. The van der Waals surface area contributed by atoms with E-state index in [0.29, 0.717) is 44.6 Å². The molecule has 0 spiro atoms. The molecule has 1 aliphatic rings. The molecule has 0 radical (unpaired) electrons. The summed E-state index contributed by atoms with van der Waals surface area (Å²) in [6.45, 7) is 4.65. The van der Waals surface area contributed by atoms with Crippen molar-refractivity contribution in [2.24, 2.45) is 10.9 Å². The van der Waals surface area contributed by atoms with Crippen LogP contribution in [-0.4, -0.2) is 63.1 Å². The van der Waals surface area contributed by atoms with Gasteiger partial charge in [0.05, 0.1) is 11.8 Å². The Morgan fingerprint density at radius 1 is 1.23 bits per heavy atom. The normalized spacial score (nSPS) is 16.8. The predicted molar refractivity (Wildman–Crippen MR) is 123 cm³/mol. The first kappa shape index (κ1) is 27.0. The van der Waals surface area contributed by atoms with Crippen LogP contribution in [0, 0.1) is 5.92 Å². The number of benzene rings is 1. The summed E-state index contributed by atoms with van der Waals surface area (Å²) in [6, 6.07) is 5.12. The number of guanidine groups is 1. The molecular formula is C19H30F3IN4O2S. The highest BCUT2D eigenvalue weighted by molar-refractivity contribution is 14.0. The Morgan fingerprint density at radius 2 is 1.80 bits per heavy atom. The molecule has 0 bridgehead atoms. The Labute approximate surface area is 194 Å². The van der Waals surface area contributed by atoms with Crippen LogP contribution in [0.25, 0.3) is 0 Å². The molecule has 0 aromatic heterocycles. The maximum atomic E-state index is 12.7. The van der Waals surface area contributed by atoms with Crippen molar-refractivity contribution in [3.8, 4) is 0 Å². The lowest BCUT2D eigenvalue weighted by molar-refractivity contribution is -0.137. The summed E-state index contributed by atoms with van der Waals surface area (Å²) in [6.07, 6.45) is -1.59. The number of hydrogen-bond donors (Lipinski definition) is 1. The van der Waals surface area contributed by atoms with E-state index in [-0.39, 0.29) is 24.0 Å². The van der Waals surface area contributed by atoms with Gasteiger partial charge >= 0.3 is 6.18 Å². The van der Waals surface area contributed by atoms with Crippen molar-refractivity contribution in [1.29, 1.82) is 0 Å². The first-order valence-corrected chi connectivity index (χ1v) is 11.5. The van der Waals surface area contributed by atoms with Crippen molar-refractivity contribution < 1.29 is 21.6 Å². The third-order valence-electron chi connectivity index (χ3n) is 4.94. The van der Waals surface area contributed by atoms with Gasteiger partial charge in [0.2, 0.25) is 10.0 Å². The Balaban J connectivity index is 0.00000450. The average molecular weight is 562 g/mol. The van der Waals surface area contributed by atoms with Crippen LogP contribution in [0.15, 0.2) is 29.3 Å². The van der Waals surface area contributed by atoms with Crippen molar-refractivity contribution in [3.05, 3.63) is 35.4 Å². The molecule has 1 aromatic carbocycles. The monoisotopic (exact) mass is 562 g/mol. The molecule has 0 atom stereocenters. The molecule has 1 aromatic rings. The van der Waals surface area contributed by atoms with Gasteiger partial charge in [0, 0.05) is 39.8 Å². The van der Waals surface area contributed by atoms with Gasteiger partial charge in [-0.2, -0.15) is 13.2 Å². The number of piperidine rings is 1. The highest BCUT2D eigenvalue weighted by atomic mass is 127. The third kappa shape index (κ3) is 8.22. The van der Waals surface area contributed by atoms with E-state index in [2.05, 4.69) is 10.3 Å². The molecule has 1 heterocycles. The van der Waals surface area contributed by atoms with Crippen molar-refractivity contribution in [2.75, 3.05) is 39.5 Å². The lowest BCUT2D eigenvalue weighted by Gasteiger charge is -2.30. The number of nitrogens with one attached hydrogen (secondary N) is 1. The van der Waals surface area contributed by atoms with Gasteiger partial charge in [-0.05, 0) is 43.4 Å². The SMILES string of the molecule is CCNC(=NCC1CCN(S(C)(=O)=O)CC1)N(C)Cc1ccc(C(F)(F)F)cc1.I. The fourth-order valence-electron chi connectivity index (χ4n) is 3.26. The first-order valence-electron chi connectivity index (χ1n) is 9.61. The Kier molecular flexibility index (Phi) is 10.3. The number of hydrogen-bond acceptors (Lipinski definition) is 3. The summed E-state index contributed by atoms with van der Waals surface area (Å²) in [7, 11) is -1.30. The minimum Gasteiger partial charge on any atom is -0.357 e. The van der Waals surface area contributed by atoms with E-state index < -0.39 is 21.8 Å². The number of aliphatic imine (C=N–C) groups is 1. The lowest BCUT2D eigenvalue weighted by atomic mass is 9.98. The van der Waals surface area contributed by atoms with E-state index in [1.165, 1.54) is 22.7 Å². The minimum absolute atomic E-state index is 0. The molecule has 0 unspecified atom stereocenters. The van der Waals surface area contributed by atoms with Gasteiger partial charge in [0.25, 0.3) is 0 Å². The van der Waals surface area contributed by atoms with Gasteiger partial charge in [-0.15, -0.1) is 24.0 Å². The summed E-state index contributed by atoms with van der Waals surface area (Å²) in [4.78, 5) is 6.53. The fraction of sp³-hybridized carbons (Fsp3) is 0.632. The highest BCUT2D eigenvalue weighted by Gasteiger charge is 2.30. The minimum atomic E-state index is -4.34. The van der Waals surface area contributed by atoms with Crippen LogP contribution in [0.1, 0.15) is 30.9 Å². The molecule has 30 heavy (non-hydrogen) atoms. The largest absolute Gasteiger partial charge is 0.416 e. The van der Waals surface area contributed by atoms with E-state index in [0.717, 1.165) is 30.5 Å². The van der Waals surface area contributed by atoms with Crippen LogP contribution in [0.5, 0.6) is 0 Å². The smallest absolute Gasteiger partial charge is 0.357 e. The molecule has 0 amide bonds. The summed E-state index contributed by atoms with van der Waals surface area (Å²) in [5.74, 6) is 0.985. The van der Waals surface area contributed by atoms with Crippen molar-refractivity contribution in [3.63, 3.8) is 0 Å². The Bertz CT molecular complexity index is 793. The molecular weight excluding hydrogens is 532 g/mol. The van der Waals surface area contributed by atoms with Gasteiger partial charge < -0.3 is 10.2 Å². The molecule has 0 aliphatic carbocycles. The summed E-state index contributed by atoms with van der Waals surface area (Å²) >= 11 is 0. The van der Waals surface area contributed by atoms with Crippen LogP contribution in [0.2, 0.25) is 0 Å². The van der Waals surface area contributed by atoms with Gasteiger partial charge in [-0.3, -0.25) is 4.99 Å². The number of halogens is 4. The Hall–Kier alpha value is -1.08. The zero-order valence-corrected chi connectivity index (χ0v) is 20.6. The lowest BCUT2D eigenvalue weighted by Crippen LogP contribution is -2.40. The quantitative estimate of drug-likeness (QED) is 0.328. The third-order valence-corrected chi connectivity index (χ3v) is 6.24. The van der Waals surface area contributed by atoms with Crippen LogP contribution in [0.3, 0.4) is 0 Å². The average Bonchev–Trinajstić information content (AvgIpc) is 2.64. The van der Waals surface area contributed by atoms with Crippen LogP contribution < -0.4 is 5.32 Å². The molecule has 11 heteroatoms. The number of nitrogens with zero attached hydrogens (tertiary/aromatic N) is 3. The van der Waals surface area contributed by atoms with Gasteiger partial charge in [0.15, 0.2) is 5.96 Å². The number of alkyl halides is 3. The zero-order valence-electron chi connectivity index (χ0n) is 17.4. The maximum absolute atomic E-state index is 12.7. The van der Waals surface area contributed by atoms with Crippen LogP contribution in [0.4, 0.5) is 13.2 Å².